The van der Waals surface area contributed by atoms with Gasteiger partial charge < -0.3 is 14.4 Å². The molecule has 124 valence electrons. The fourth-order valence-corrected chi connectivity index (χ4v) is 2.81. The van der Waals surface area contributed by atoms with Gasteiger partial charge in [0, 0.05) is 18.9 Å². The third-order valence-corrected chi connectivity index (χ3v) is 4.61. The van der Waals surface area contributed by atoms with E-state index in [4.69, 9.17) is 4.74 Å². The predicted molar refractivity (Wildman–Crippen MR) is 97.1 cm³/mol. The van der Waals surface area contributed by atoms with Gasteiger partial charge in [0.05, 0.1) is 16.4 Å². The fraction of sp³-hybridized carbons (Fsp3) is 0.211. The molecule has 0 aliphatic heterocycles. The molecule has 5 heteroatoms. The Hall–Kier alpha value is -2.11. The zero-order valence-electron chi connectivity index (χ0n) is 13.4. The zero-order valence-corrected chi connectivity index (χ0v) is 15.0. The fourth-order valence-electron chi connectivity index (χ4n) is 2.45. The second kappa shape index (κ2) is 7.20. The number of rotatable bonds is 6. The summed E-state index contributed by atoms with van der Waals surface area (Å²) in [6, 6.07) is 15.3. The van der Waals surface area contributed by atoms with Crippen LogP contribution in [0.3, 0.4) is 0 Å². The Labute approximate surface area is 149 Å². The molecule has 0 fully saturated rings. The van der Waals surface area contributed by atoms with Crippen LogP contribution < -0.4 is 4.74 Å². The summed E-state index contributed by atoms with van der Waals surface area (Å²) in [5, 5.41) is 10.7. The van der Waals surface area contributed by atoms with Gasteiger partial charge >= 0.3 is 0 Å². The van der Waals surface area contributed by atoms with Crippen molar-refractivity contribution < 1.29 is 9.84 Å². The normalized spacial score (nSPS) is 13.5. The number of ether oxygens (including phenoxy) is 1. The molecule has 3 aromatic rings. The van der Waals surface area contributed by atoms with E-state index in [1.54, 1.807) is 12.5 Å². The number of imidazole rings is 1. The van der Waals surface area contributed by atoms with E-state index in [2.05, 4.69) is 20.9 Å². The van der Waals surface area contributed by atoms with Crippen LogP contribution in [0.4, 0.5) is 0 Å². The van der Waals surface area contributed by atoms with Crippen molar-refractivity contribution in [2.24, 2.45) is 0 Å². The average molecular weight is 387 g/mol. The standard InChI is InChI=1S/C19H19BrN2O2/c1-19(23,10-12-22-13-11-21-14-22)15-6-8-16(9-7-15)24-18-5-3-2-4-17(18)20/h2-9,11,13-14,23H,10,12H2,1H3. The number of aliphatic hydroxyl groups is 1. The topological polar surface area (TPSA) is 47.3 Å². The molecule has 0 radical (unpaired) electrons. The van der Waals surface area contributed by atoms with Crippen LogP contribution in [0, 0.1) is 0 Å². The molecule has 0 aliphatic carbocycles. The number of hydrogen-bond acceptors (Lipinski definition) is 3. The molecule has 0 aliphatic rings. The first kappa shape index (κ1) is 16.7. The van der Waals surface area contributed by atoms with E-state index in [1.807, 2.05) is 66.2 Å². The summed E-state index contributed by atoms with van der Waals surface area (Å²) >= 11 is 3.47. The lowest BCUT2D eigenvalue weighted by Crippen LogP contribution is -2.23. The molecule has 1 N–H and O–H groups in total. The van der Waals surface area contributed by atoms with Crippen molar-refractivity contribution in [3.63, 3.8) is 0 Å². The zero-order chi connectivity index (χ0) is 17.0. The van der Waals surface area contributed by atoms with E-state index in [-0.39, 0.29) is 0 Å². The van der Waals surface area contributed by atoms with Gasteiger partial charge in [-0.2, -0.15) is 0 Å². The summed E-state index contributed by atoms with van der Waals surface area (Å²) in [5.41, 5.74) is -0.0436. The van der Waals surface area contributed by atoms with Crippen molar-refractivity contribution in [3.8, 4) is 11.5 Å². The summed E-state index contributed by atoms with van der Waals surface area (Å²) < 4.78 is 8.72. The number of nitrogens with zero attached hydrogens (tertiary/aromatic N) is 2. The van der Waals surface area contributed by atoms with Crippen molar-refractivity contribution in [2.75, 3.05) is 0 Å². The van der Waals surface area contributed by atoms with Crippen molar-refractivity contribution in [1.29, 1.82) is 0 Å². The summed E-state index contributed by atoms with van der Waals surface area (Å²) in [4.78, 5) is 4.02. The molecular weight excluding hydrogens is 368 g/mol. The Morgan fingerprint density at radius 3 is 2.58 bits per heavy atom. The summed E-state index contributed by atoms with van der Waals surface area (Å²) in [6.07, 6.45) is 5.99. The van der Waals surface area contributed by atoms with Gasteiger partial charge in [-0.1, -0.05) is 24.3 Å². The van der Waals surface area contributed by atoms with Gasteiger partial charge in [-0.05, 0) is 59.1 Å². The highest BCUT2D eigenvalue weighted by Crippen LogP contribution is 2.31. The maximum atomic E-state index is 10.7. The van der Waals surface area contributed by atoms with Gasteiger partial charge in [0.1, 0.15) is 11.5 Å². The van der Waals surface area contributed by atoms with E-state index in [0.717, 1.165) is 21.5 Å². The molecule has 24 heavy (non-hydrogen) atoms. The lowest BCUT2D eigenvalue weighted by Gasteiger charge is -2.24. The summed E-state index contributed by atoms with van der Waals surface area (Å²) in [7, 11) is 0. The van der Waals surface area contributed by atoms with Crippen molar-refractivity contribution in [3.05, 3.63) is 77.3 Å². The molecule has 0 amide bonds. The van der Waals surface area contributed by atoms with Crippen LogP contribution in [0.1, 0.15) is 18.9 Å². The van der Waals surface area contributed by atoms with E-state index in [9.17, 15) is 5.11 Å². The number of hydrogen-bond donors (Lipinski definition) is 1. The first-order chi connectivity index (χ1) is 11.5. The average Bonchev–Trinajstić information content (AvgIpc) is 3.09. The molecule has 2 aromatic carbocycles. The predicted octanol–water partition coefficient (Wildman–Crippen LogP) is 4.74. The highest BCUT2D eigenvalue weighted by Gasteiger charge is 2.22. The molecule has 1 heterocycles. The quantitative estimate of drug-likeness (QED) is 0.665. The van der Waals surface area contributed by atoms with E-state index in [1.165, 1.54) is 0 Å². The van der Waals surface area contributed by atoms with E-state index >= 15 is 0 Å². The van der Waals surface area contributed by atoms with E-state index < -0.39 is 5.60 Å². The van der Waals surface area contributed by atoms with Crippen LogP contribution in [0.25, 0.3) is 0 Å². The summed E-state index contributed by atoms with van der Waals surface area (Å²) in [5.74, 6) is 1.49. The maximum absolute atomic E-state index is 10.7. The van der Waals surface area contributed by atoms with Gasteiger partial charge in [-0.15, -0.1) is 0 Å². The Morgan fingerprint density at radius 1 is 1.17 bits per heavy atom. The number of para-hydroxylation sites is 1. The van der Waals surface area contributed by atoms with Crippen molar-refractivity contribution >= 4 is 15.9 Å². The lowest BCUT2D eigenvalue weighted by atomic mass is 9.92. The third-order valence-electron chi connectivity index (χ3n) is 3.96. The van der Waals surface area contributed by atoms with Gasteiger partial charge in [-0.3, -0.25) is 0 Å². The minimum atomic E-state index is -0.907. The number of aromatic nitrogens is 2. The second-order valence-electron chi connectivity index (χ2n) is 5.88. The molecule has 1 atom stereocenters. The highest BCUT2D eigenvalue weighted by atomic mass is 79.9. The monoisotopic (exact) mass is 386 g/mol. The number of halogens is 1. The molecule has 0 saturated heterocycles. The number of benzene rings is 2. The SMILES string of the molecule is CC(O)(CCn1ccnc1)c1ccc(Oc2ccccc2Br)cc1. The Bertz CT molecular complexity index is 783. The Morgan fingerprint density at radius 2 is 1.92 bits per heavy atom. The highest BCUT2D eigenvalue weighted by molar-refractivity contribution is 9.10. The Balaban J connectivity index is 1.68. The lowest BCUT2D eigenvalue weighted by molar-refractivity contribution is 0.0430. The molecule has 0 bridgehead atoms. The third kappa shape index (κ3) is 4.04. The van der Waals surface area contributed by atoms with Crippen LogP contribution in [-0.2, 0) is 12.1 Å². The van der Waals surface area contributed by atoms with Crippen LogP contribution in [0.2, 0.25) is 0 Å². The van der Waals surface area contributed by atoms with Gasteiger partial charge in [-0.25, -0.2) is 4.98 Å². The Kier molecular flexibility index (Phi) is 5.02. The second-order valence-corrected chi connectivity index (χ2v) is 6.74. The van der Waals surface area contributed by atoms with Gasteiger partial charge in [0.15, 0.2) is 0 Å². The smallest absolute Gasteiger partial charge is 0.141 e. The summed E-state index contributed by atoms with van der Waals surface area (Å²) in [6.45, 7) is 2.54. The van der Waals surface area contributed by atoms with Crippen molar-refractivity contribution in [1.82, 2.24) is 9.55 Å². The molecule has 0 saturated carbocycles. The first-order valence-electron chi connectivity index (χ1n) is 7.76. The molecule has 0 spiro atoms. The van der Waals surface area contributed by atoms with E-state index in [0.29, 0.717) is 13.0 Å². The van der Waals surface area contributed by atoms with Crippen molar-refractivity contribution in [2.45, 2.75) is 25.5 Å². The van der Waals surface area contributed by atoms with Gasteiger partial charge in [0.2, 0.25) is 0 Å². The van der Waals surface area contributed by atoms with Gasteiger partial charge in [0.25, 0.3) is 0 Å². The molecular formula is C19H19BrN2O2. The minimum Gasteiger partial charge on any atom is -0.456 e. The molecule has 1 aromatic heterocycles. The van der Waals surface area contributed by atoms with Crippen LogP contribution in [0.15, 0.2) is 71.7 Å². The molecule has 3 rings (SSSR count). The van der Waals surface area contributed by atoms with Crippen LogP contribution in [0.5, 0.6) is 11.5 Å². The molecule has 1 unspecified atom stereocenters. The molecule has 4 nitrogen and oxygen atoms in total. The number of aryl methyl sites for hydroxylation is 1. The minimum absolute atomic E-state index is 0.605. The first-order valence-corrected chi connectivity index (χ1v) is 8.55. The maximum Gasteiger partial charge on any atom is 0.141 e. The van der Waals surface area contributed by atoms with Crippen LogP contribution >= 0.6 is 15.9 Å². The largest absolute Gasteiger partial charge is 0.456 e. The van der Waals surface area contributed by atoms with Crippen LogP contribution in [-0.4, -0.2) is 14.7 Å².